The summed E-state index contributed by atoms with van der Waals surface area (Å²) >= 11 is 0. The van der Waals surface area contributed by atoms with Gasteiger partial charge in [0.05, 0.1) is 0 Å². The van der Waals surface area contributed by atoms with Crippen LogP contribution in [0.25, 0.3) is 0 Å². The minimum atomic E-state index is 0.267. The van der Waals surface area contributed by atoms with Gasteiger partial charge in [-0.25, -0.2) is 0 Å². The van der Waals surface area contributed by atoms with Gasteiger partial charge in [0.1, 0.15) is 0 Å². The zero-order chi connectivity index (χ0) is 11.3. The molecule has 3 heteroatoms. The van der Waals surface area contributed by atoms with Crippen LogP contribution < -0.4 is 5.32 Å². The Balaban J connectivity index is 2.17. The second-order valence-corrected chi connectivity index (χ2v) is 5.05. The van der Waals surface area contributed by atoms with Crippen molar-refractivity contribution in [1.29, 1.82) is 0 Å². The summed E-state index contributed by atoms with van der Waals surface area (Å²) in [7, 11) is 4.04. The molecule has 0 aromatic rings. The van der Waals surface area contributed by atoms with Crippen LogP contribution in [0.15, 0.2) is 0 Å². The number of carbonyl (C=O) groups is 1. The van der Waals surface area contributed by atoms with Crippen LogP contribution >= 0.6 is 0 Å². The van der Waals surface area contributed by atoms with Crippen molar-refractivity contribution in [1.82, 2.24) is 10.2 Å². The second-order valence-electron chi connectivity index (χ2n) is 5.05. The molecule has 88 valence electrons. The normalized spacial score (nSPS) is 26.7. The Morgan fingerprint density at radius 3 is 2.40 bits per heavy atom. The first-order valence-electron chi connectivity index (χ1n) is 6.02. The van der Waals surface area contributed by atoms with E-state index in [9.17, 15) is 4.79 Å². The molecule has 0 atom stereocenters. The lowest BCUT2D eigenvalue weighted by molar-refractivity contribution is -0.126. The standard InChI is InChI=1S/C12H24N2O/c1-10-4-6-11(7-5-10)12(15)13-8-9-14(2)3/h10-11H,4-9H2,1-3H3,(H,13,15)/t10-,11-. The second kappa shape index (κ2) is 6.11. The topological polar surface area (TPSA) is 32.3 Å². The number of nitrogens with one attached hydrogen (secondary N) is 1. The molecule has 0 saturated heterocycles. The van der Waals surface area contributed by atoms with E-state index in [2.05, 4.69) is 17.1 Å². The molecule has 1 saturated carbocycles. The Morgan fingerprint density at radius 1 is 1.27 bits per heavy atom. The van der Waals surface area contributed by atoms with Gasteiger partial charge in [-0.2, -0.15) is 0 Å². The molecule has 3 nitrogen and oxygen atoms in total. The lowest BCUT2D eigenvalue weighted by Crippen LogP contribution is -2.36. The molecule has 0 heterocycles. The third-order valence-corrected chi connectivity index (χ3v) is 3.24. The smallest absolute Gasteiger partial charge is 0.223 e. The molecule has 0 aromatic heterocycles. The zero-order valence-electron chi connectivity index (χ0n) is 10.3. The van der Waals surface area contributed by atoms with Crippen LogP contribution in [0.5, 0.6) is 0 Å². The monoisotopic (exact) mass is 212 g/mol. The maximum absolute atomic E-state index is 11.8. The summed E-state index contributed by atoms with van der Waals surface area (Å²) in [5.41, 5.74) is 0. The third kappa shape index (κ3) is 4.65. The number of nitrogens with zero attached hydrogens (tertiary/aromatic N) is 1. The largest absolute Gasteiger partial charge is 0.355 e. The highest BCUT2D eigenvalue weighted by molar-refractivity contribution is 5.78. The molecule has 0 unspecified atom stereocenters. The number of likely N-dealkylation sites (N-methyl/N-ethyl adjacent to an activating group) is 1. The van der Waals surface area contributed by atoms with Gasteiger partial charge in [-0.3, -0.25) is 4.79 Å². The van der Waals surface area contributed by atoms with Crippen molar-refractivity contribution in [3.63, 3.8) is 0 Å². The Morgan fingerprint density at radius 2 is 1.87 bits per heavy atom. The fourth-order valence-corrected chi connectivity index (χ4v) is 2.07. The van der Waals surface area contributed by atoms with Crippen LogP contribution in [0.4, 0.5) is 0 Å². The summed E-state index contributed by atoms with van der Waals surface area (Å²) in [6, 6.07) is 0. The minimum absolute atomic E-state index is 0.267. The van der Waals surface area contributed by atoms with Crippen LogP contribution in [0.2, 0.25) is 0 Å². The molecule has 15 heavy (non-hydrogen) atoms. The predicted molar refractivity (Wildman–Crippen MR) is 62.7 cm³/mol. The first-order chi connectivity index (χ1) is 7.09. The molecule has 0 aromatic carbocycles. The van der Waals surface area contributed by atoms with Gasteiger partial charge in [0.2, 0.25) is 5.91 Å². The maximum atomic E-state index is 11.8. The highest BCUT2D eigenvalue weighted by Crippen LogP contribution is 2.28. The fraction of sp³-hybridized carbons (Fsp3) is 0.917. The van der Waals surface area contributed by atoms with Crippen LogP contribution in [-0.4, -0.2) is 38.0 Å². The van der Waals surface area contributed by atoms with Gasteiger partial charge < -0.3 is 10.2 Å². The minimum Gasteiger partial charge on any atom is -0.355 e. The van der Waals surface area contributed by atoms with Crippen molar-refractivity contribution in [3.8, 4) is 0 Å². The van der Waals surface area contributed by atoms with E-state index in [1.54, 1.807) is 0 Å². The van der Waals surface area contributed by atoms with Gasteiger partial charge in [0.25, 0.3) is 0 Å². The summed E-state index contributed by atoms with van der Waals surface area (Å²) in [5.74, 6) is 1.36. The van der Waals surface area contributed by atoms with Gasteiger partial charge >= 0.3 is 0 Å². The first kappa shape index (κ1) is 12.5. The van der Waals surface area contributed by atoms with Crippen molar-refractivity contribution >= 4 is 5.91 Å². The summed E-state index contributed by atoms with van der Waals surface area (Å²) in [5, 5.41) is 3.02. The van der Waals surface area contributed by atoms with E-state index in [1.165, 1.54) is 12.8 Å². The molecule has 0 radical (unpaired) electrons. The number of hydrogen-bond donors (Lipinski definition) is 1. The van der Waals surface area contributed by atoms with Gasteiger partial charge in [0, 0.05) is 19.0 Å². The van der Waals surface area contributed by atoms with Crippen molar-refractivity contribution in [2.24, 2.45) is 11.8 Å². The molecular formula is C12H24N2O. The highest BCUT2D eigenvalue weighted by atomic mass is 16.1. The molecular weight excluding hydrogens is 188 g/mol. The van der Waals surface area contributed by atoms with E-state index in [0.717, 1.165) is 31.8 Å². The average molecular weight is 212 g/mol. The van der Waals surface area contributed by atoms with Crippen LogP contribution in [0.3, 0.4) is 0 Å². The molecule has 1 N–H and O–H groups in total. The van der Waals surface area contributed by atoms with Crippen LogP contribution in [-0.2, 0) is 4.79 Å². The van der Waals surface area contributed by atoms with Crippen LogP contribution in [0, 0.1) is 11.8 Å². The van der Waals surface area contributed by atoms with E-state index in [1.807, 2.05) is 14.1 Å². The van der Waals surface area contributed by atoms with E-state index in [0.29, 0.717) is 0 Å². The highest BCUT2D eigenvalue weighted by Gasteiger charge is 2.23. The number of hydrogen-bond acceptors (Lipinski definition) is 2. The third-order valence-electron chi connectivity index (χ3n) is 3.24. The van der Waals surface area contributed by atoms with Gasteiger partial charge in [-0.15, -0.1) is 0 Å². The molecule has 1 rings (SSSR count). The summed E-state index contributed by atoms with van der Waals surface area (Å²) in [6.07, 6.45) is 4.58. The molecule has 1 fully saturated rings. The summed E-state index contributed by atoms with van der Waals surface area (Å²) < 4.78 is 0. The Bertz CT molecular complexity index is 196. The molecule has 1 aliphatic carbocycles. The van der Waals surface area contributed by atoms with Gasteiger partial charge in [-0.05, 0) is 45.7 Å². The number of rotatable bonds is 4. The van der Waals surface area contributed by atoms with Gasteiger partial charge in [0.15, 0.2) is 0 Å². The fourth-order valence-electron chi connectivity index (χ4n) is 2.07. The van der Waals surface area contributed by atoms with Crippen molar-refractivity contribution < 1.29 is 4.79 Å². The van der Waals surface area contributed by atoms with Gasteiger partial charge in [-0.1, -0.05) is 6.92 Å². The van der Waals surface area contributed by atoms with E-state index in [-0.39, 0.29) is 11.8 Å². The van der Waals surface area contributed by atoms with Crippen LogP contribution in [0.1, 0.15) is 32.6 Å². The van der Waals surface area contributed by atoms with Crippen molar-refractivity contribution in [2.75, 3.05) is 27.2 Å². The van der Waals surface area contributed by atoms with E-state index >= 15 is 0 Å². The predicted octanol–water partition coefficient (Wildman–Crippen LogP) is 1.49. The average Bonchev–Trinajstić information content (AvgIpc) is 2.18. The molecule has 1 aliphatic rings. The quantitative estimate of drug-likeness (QED) is 0.766. The summed E-state index contributed by atoms with van der Waals surface area (Å²) in [6.45, 7) is 3.98. The molecule has 1 amide bonds. The van der Waals surface area contributed by atoms with Crippen molar-refractivity contribution in [3.05, 3.63) is 0 Å². The summed E-state index contributed by atoms with van der Waals surface area (Å²) in [4.78, 5) is 13.8. The number of amides is 1. The van der Waals surface area contributed by atoms with E-state index in [4.69, 9.17) is 0 Å². The Hall–Kier alpha value is -0.570. The first-order valence-corrected chi connectivity index (χ1v) is 6.02. The number of carbonyl (C=O) groups excluding carboxylic acids is 1. The maximum Gasteiger partial charge on any atom is 0.223 e. The van der Waals surface area contributed by atoms with E-state index < -0.39 is 0 Å². The SMILES string of the molecule is CN(C)CCNC(=O)[C@H]1CC[C@H](C)CC1. The molecule has 0 spiro atoms. The lowest BCUT2D eigenvalue weighted by atomic mass is 9.82. The van der Waals surface area contributed by atoms with Crippen molar-refractivity contribution in [2.45, 2.75) is 32.6 Å². The molecule has 0 bridgehead atoms. The Labute approximate surface area is 93.2 Å². The molecule has 0 aliphatic heterocycles. The Kier molecular flexibility index (Phi) is 5.09. The zero-order valence-corrected chi connectivity index (χ0v) is 10.3. The lowest BCUT2D eigenvalue weighted by Gasteiger charge is -2.25.